The Hall–Kier alpha value is -3.37. The van der Waals surface area contributed by atoms with Gasteiger partial charge in [-0.25, -0.2) is 13.6 Å². The summed E-state index contributed by atoms with van der Waals surface area (Å²) < 4.78 is 59.2. The van der Waals surface area contributed by atoms with Crippen molar-refractivity contribution in [2.24, 2.45) is 5.14 Å². The van der Waals surface area contributed by atoms with E-state index in [-0.39, 0.29) is 28.6 Å². The maximum absolute atomic E-state index is 13.4. The third-order valence-corrected chi connectivity index (χ3v) is 7.08. The molecular formula is C24H20F2N2O5S. The van der Waals surface area contributed by atoms with Gasteiger partial charge < -0.3 is 9.47 Å². The van der Waals surface area contributed by atoms with Gasteiger partial charge in [0.2, 0.25) is 10.0 Å². The highest BCUT2D eigenvalue weighted by Gasteiger charge is 2.52. The van der Waals surface area contributed by atoms with Gasteiger partial charge >= 0.3 is 6.29 Å². The lowest BCUT2D eigenvalue weighted by molar-refractivity contribution is -0.286. The first-order valence-electron chi connectivity index (χ1n) is 10.5. The summed E-state index contributed by atoms with van der Waals surface area (Å²) >= 11 is 0. The Morgan fingerprint density at radius 1 is 1.06 bits per heavy atom. The van der Waals surface area contributed by atoms with Gasteiger partial charge in [-0.3, -0.25) is 9.78 Å². The van der Waals surface area contributed by atoms with E-state index >= 15 is 0 Å². The van der Waals surface area contributed by atoms with Gasteiger partial charge in [-0.1, -0.05) is 24.3 Å². The predicted molar refractivity (Wildman–Crippen MR) is 118 cm³/mol. The van der Waals surface area contributed by atoms with E-state index in [9.17, 15) is 22.0 Å². The minimum Gasteiger partial charge on any atom is -0.395 e. The highest BCUT2D eigenvalue weighted by Crippen LogP contribution is 2.52. The molecule has 0 radical (unpaired) electrons. The Labute approximate surface area is 194 Å². The normalized spacial score (nSPS) is 17.4. The fourth-order valence-corrected chi connectivity index (χ4v) is 4.77. The summed E-state index contributed by atoms with van der Waals surface area (Å²) in [6.45, 7) is 1.84. The number of aryl methyl sites for hydroxylation is 1. The molecule has 0 spiro atoms. The fraction of sp³-hybridized carbons (Fsp3) is 0.250. The number of nitrogens with zero attached hydrogens (tertiary/aromatic N) is 1. The lowest BCUT2D eigenvalue weighted by Crippen LogP contribution is -2.26. The van der Waals surface area contributed by atoms with E-state index in [4.69, 9.17) is 5.14 Å². The van der Waals surface area contributed by atoms with E-state index in [1.54, 1.807) is 24.3 Å². The molecule has 3 aromatic rings. The number of fused-ring (bicyclic) bond motifs is 1. The fourth-order valence-electron chi connectivity index (χ4n) is 4.21. The summed E-state index contributed by atoms with van der Waals surface area (Å²) in [4.78, 5) is 17.9. The molecule has 34 heavy (non-hydrogen) atoms. The Kier molecular flexibility index (Phi) is 4.99. The predicted octanol–water partition coefficient (Wildman–Crippen LogP) is 3.87. The largest absolute Gasteiger partial charge is 0.586 e. The van der Waals surface area contributed by atoms with Gasteiger partial charge in [-0.05, 0) is 61.2 Å². The van der Waals surface area contributed by atoms with Crippen molar-refractivity contribution in [2.75, 3.05) is 0 Å². The highest BCUT2D eigenvalue weighted by molar-refractivity contribution is 7.89. The van der Waals surface area contributed by atoms with Crippen molar-refractivity contribution < 1.29 is 31.5 Å². The van der Waals surface area contributed by atoms with E-state index in [2.05, 4.69) is 14.5 Å². The number of benzene rings is 2. The number of ketones is 1. The van der Waals surface area contributed by atoms with Crippen molar-refractivity contribution in [2.45, 2.75) is 42.8 Å². The molecule has 1 fully saturated rings. The number of hydrogen-bond donors (Lipinski definition) is 1. The summed E-state index contributed by atoms with van der Waals surface area (Å²) in [5, 5.41) is 5.25. The van der Waals surface area contributed by atoms with E-state index in [1.165, 1.54) is 24.3 Å². The topological polar surface area (TPSA) is 109 Å². The molecular weight excluding hydrogens is 466 g/mol. The molecule has 2 heterocycles. The Morgan fingerprint density at radius 2 is 1.79 bits per heavy atom. The van der Waals surface area contributed by atoms with Crippen LogP contribution in [-0.2, 0) is 26.7 Å². The number of primary sulfonamides is 1. The molecule has 0 atom stereocenters. The van der Waals surface area contributed by atoms with Crippen LogP contribution in [-0.4, -0.2) is 25.5 Å². The van der Waals surface area contributed by atoms with Crippen LogP contribution in [0, 0.1) is 6.92 Å². The van der Waals surface area contributed by atoms with Gasteiger partial charge in [0.25, 0.3) is 0 Å². The number of alkyl halides is 2. The number of pyridine rings is 1. The maximum Gasteiger partial charge on any atom is 0.586 e. The number of Topliss-reactive ketones (excluding diaryl/α,β-unsaturated/α-hetero) is 1. The van der Waals surface area contributed by atoms with Crippen LogP contribution in [0.1, 0.15) is 29.7 Å². The Morgan fingerprint density at radius 3 is 2.50 bits per heavy atom. The molecule has 7 nitrogen and oxygen atoms in total. The molecule has 5 rings (SSSR count). The first-order chi connectivity index (χ1) is 16.0. The zero-order valence-corrected chi connectivity index (χ0v) is 18.9. The average Bonchev–Trinajstić information content (AvgIpc) is 3.51. The molecule has 0 amide bonds. The van der Waals surface area contributed by atoms with E-state index in [0.29, 0.717) is 35.4 Å². The van der Waals surface area contributed by atoms with Gasteiger partial charge in [-0.15, -0.1) is 8.78 Å². The summed E-state index contributed by atoms with van der Waals surface area (Å²) in [7, 11) is -3.88. The molecule has 176 valence electrons. The van der Waals surface area contributed by atoms with Crippen LogP contribution in [0.4, 0.5) is 8.78 Å². The molecule has 2 aliphatic rings. The summed E-state index contributed by atoms with van der Waals surface area (Å²) in [6, 6.07) is 14.2. The monoisotopic (exact) mass is 486 g/mol. The SMILES string of the molecule is Cc1ccc(CC(=O)C2(c3ccc4c(c3)OC(F)(F)O4)CC2)nc1-c1cccc(S(N)(=O)=O)c1. The second kappa shape index (κ2) is 7.57. The lowest BCUT2D eigenvalue weighted by atomic mass is 9.88. The Balaban J connectivity index is 1.41. The third-order valence-electron chi connectivity index (χ3n) is 6.17. The van der Waals surface area contributed by atoms with Crippen LogP contribution in [0.2, 0.25) is 0 Å². The number of rotatable bonds is 6. The molecule has 10 heteroatoms. The van der Waals surface area contributed by atoms with Crippen LogP contribution in [0.5, 0.6) is 11.5 Å². The first-order valence-corrected chi connectivity index (χ1v) is 12.0. The average molecular weight is 486 g/mol. The third kappa shape index (κ3) is 4.03. The smallest absolute Gasteiger partial charge is 0.395 e. The quantitative estimate of drug-likeness (QED) is 0.567. The summed E-state index contributed by atoms with van der Waals surface area (Å²) in [6.07, 6.45) is -2.49. The molecule has 2 aromatic carbocycles. The molecule has 0 bridgehead atoms. The van der Waals surface area contributed by atoms with Crippen molar-refractivity contribution >= 4 is 15.8 Å². The van der Waals surface area contributed by atoms with Crippen molar-refractivity contribution in [1.82, 2.24) is 4.98 Å². The molecule has 1 aliphatic heterocycles. The molecule has 0 saturated heterocycles. The van der Waals surface area contributed by atoms with Gasteiger partial charge in [0.05, 0.1) is 16.0 Å². The maximum atomic E-state index is 13.4. The van der Waals surface area contributed by atoms with Gasteiger partial charge in [-0.2, -0.15) is 0 Å². The summed E-state index contributed by atoms with van der Waals surface area (Å²) in [5.41, 5.74) is 2.26. The number of ether oxygens (including phenoxy) is 2. The number of carbonyl (C=O) groups is 1. The van der Waals surface area contributed by atoms with Crippen LogP contribution in [0.3, 0.4) is 0 Å². The minimum absolute atomic E-state index is 0.0296. The first kappa shape index (κ1) is 22.4. The second-order valence-electron chi connectivity index (χ2n) is 8.55. The number of aromatic nitrogens is 1. The Bertz CT molecular complexity index is 1440. The van der Waals surface area contributed by atoms with Crippen molar-refractivity contribution in [3.63, 3.8) is 0 Å². The molecule has 1 aromatic heterocycles. The van der Waals surface area contributed by atoms with Crippen LogP contribution in [0.25, 0.3) is 11.3 Å². The van der Waals surface area contributed by atoms with E-state index in [1.807, 2.05) is 13.0 Å². The van der Waals surface area contributed by atoms with Gasteiger partial charge in [0.1, 0.15) is 5.78 Å². The number of sulfonamides is 1. The second-order valence-corrected chi connectivity index (χ2v) is 10.1. The van der Waals surface area contributed by atoms with Crippen LogP contribution < -0.4 is 14.6 Å². The molecule has 2 N–H and O–H groups in total. The van der Waals surface area contributed by atoms with Crippen LogP contribution >= 0.6 is 0 Å². The van der Waals surface area contributed by atoms with Crippen molar-refractivity contribution in [1.29, 1.82) is 0 Å². The van der Waals surface area contributed by atoms with Gasteiger partial charge in [0.15, 0.2) is 11.5 Å². The van der Waals surface area contributed by atoms with E-state index in [0.717, 1.165) is 5.56 Å². The van der Waals surface area contributed by atoms with Crippen molar-refractivity contribution in [3.05, 3.63) is 71.4 Å². The standard InChI is InChI=1S/C24H20F2N2O5S/c1-14-5-7-17(28-22(14)15-3-2-4-18(11-15)34(27,30)31)13-21(29)23(9-10-23)16-6-8-19-20(12-16)33-24(25,26)32-19/h2-8,11-12H,9-10,13H2,1H3,(H2,27,30,31). The zero-order valence-electron chi connectivity index (χ0n) is 18.0. The van der Waals surface area contributed by atoms with E-state index < -0.39 is 21.7 Å². The van der Waals surface area contributed by atoms with Crippen molar-refractivity contribution in [3.8, 4) is 22.8 Å². The number of hydrogen-bond acceptors (Lipinski definition) is 6. The number of nitrogens with two attached hydrogens (primary N) is 1. The van der Waals surface area contributed by atoms with Crippen LogP contribution in [0.15, 0.2) is 59.5 Å². The molecule has 0 unspecified atom stereocenters. The minimum atomic E-state index is -3.88. The number of carbonyl (C=O) groups excluding carboxylic acids is 1. The summed E-state index contributed by atoms with van der Waals surface area (Å²) in [5.74, 6) is -0.241. The lowest BCUT2D eigenvalue weighted by Gasteiger charge is -2.16. The molecule has 1 saturated carbocycles. The van der Waals surface area contributed by atoms with Gasteiger partial charge in [0, 0.05) is 17.7 Å². The molecule has 1 aliphatic carbocycles. The highest BCUT2D eigenvalue weighted by atomic mass is 32.2. The number of halogens is 2. The zero-order chi connectivity index (χ0) is 24.3.